The highest BCUT2D eigenvalue weighted by molar-refractivity contribution is 9.10. The molecule has 1 fully saturated rings. The molecule has 1 aliphatic rings. The van der Waals surface area contributed by atoms with Crippen molar-refractivity contribution in [3.8, 4) is 0 Å². The average Bonchev–Trinajstić information content (AvgIpc) is 3.07. The van der Waals surface area contributed by atoms with Crippen molar-refractivity contribution in [2.45, 2.75) is 24.2 Å². The lowest BCUT2D eigenvalue weighted by atomic mass is 10.3. The summed E-state index contributed by atoms with van der Waals surface area (Å²) in [6, 6.07) is 2.90. The van der Waals surface area contributed by atoms with Gasteiger partial charge in [-0.05, 0) is 40.4 Å². The number of hydrogen-bond acceptors (Lipinski definition) is 3. The summed E-state index contributed by atoms with van der Waals surface area (Å²) >= 11 is 9.01. The van der Waals surface area contributed by atoms with Gasteiger partial charge in [-0.15, -0.1) is 0 Å². The lowest BCUT2D eigenvalue weighted by molar-refractivity contribution is 0.575. The van der Waals surface area contributed by atoms with Crippen molar-refractivity contribution >= 4 is 43.2 Å². The largest absolute Gasteiger partial charge is 0.398 e. The Bertz CT molecular complexity index is 558. The number of hydrogen-bond donors (Lipinski definition) is 2. The van der Waals surface area contributed by atoms with Gasteiger partial charge in [0, 0.05) is 17.3 Å². The molecular weight excluding hydrogens is 340 g/mol. The van der Waals surface area contributed by atoms with Gasteiger partial charge in [-0.3, -0.25) is 0 Å². The fraction of sp³-hybridized carbons (Fsp3) is 0.455. The molecule has 0 atom stereocenters. The maximum atomic E-state index is 12.1. The van der Waals surface area contributed by atoms with Gasteiger partial charge in [-0.25, -0.2) is 13.1 Å². The maximum Gasteiger partial charge on any atom is 0.241 e. The fourth-order valence-electron chi connectivity index (χ4n) is 1.66. The Balaban J connectivity index is 2.17. The molecule has 3 N–H and O–H groups in total. The minimum atomic E-state index is -3.57. The first-order chi connectivity index (χ1) is 8.40. The van der Waals surface area contributed by atoms with Crippen molar-refractivity contribution in [1.29, 1.82) is 0 Å². The number of benzene rings is 1. The number of rotatable bonds is 5. The number of nitrogen functional groups attached to an aromatic ring is 1. The Morgan fingerprint density at radius 2 is 2.11 bits per heavy atom. The molecule has 100 valence electrons. The quantitative estimate of drug-likeness (QED) is 0.800. The maximum absolute atomic E-state index is 12.1. The summed E-state index contributed by atoms with van der Waals surface area (Å²) in [5.74, 6) is 0.681. The van der Waals surface area contributed by atoms with Gasteiger partial charge in [0.15, 0.2) is 0 Å². The van der Waals surface area contributed by atoms with Crippen molar-refractivity contribution in [3.05, 3.63) is 21.6 Å². The molecule has 0 saturated heterocycles. The van der Waals surface area contributed by atoms with E-state index in [9.17, 15) is 8.42 Å². The molecule has 0 aromatic heterocycles. The molecule has 1 aromatic carbocycles. The minimum absolute atomic E-state index is 0.0864. The number of nitrogens with two attached hydrogens (primary N) is 1. The van der Waals surface area contributed by atoms with Gasteiger partial charge in [0.1, 0.15) is 0 Å². The van der Waals surface area contributed by atoms with Crippen LogP contribution in [0.4, 0.5) is 5.69 Å². The highest BCUT2D eigenvalue weighted by atomic mass is 79.9. The SMILES string of the molecule is Nc1cc(Cl)cc(S(=O)(=O)NCCC2CC2)c1Br. The standard InChI is InChI=1S/C11H14BrClN2O2S/c12-11-9(14)5-8(13)6-10(11)18(16,17)15-4-3-7-1-2-7/h5-7,15H,1-4,14H2. The highest BCUT2D eigenvalue weighted by Crippen LogP contribution is 2.33. The average molecular weight is 354 g/mol. The molecule has 18 heavy (non-hydrogen) atoms. The van der Waals surface area contributed by atoms with Gasteiger partial charge in [0.2, 0.25) is 10.0 Å². The first-order valence-corrected chi connectivity index (χ1v) is 8.30. The molecule has 7 heteroatoms. The Kier molecular flexibility index (Phi) is 4.21. The molecule has 0 radical (unpaired) electrons. The van der Waals surface area contributed by atoms with Crippen LogP contribution < -0.4 is 10.5 Å². The molecule has 0 bridgehead atoms. The second-order valence-corrected chi connectivity index (χ2v) is 7.40. The molecule has 0 amide bonds. The summed E-state index contributed by atoms with van der Waals surface area (Å²) < 4.78 is 27.1. The van der Waals surface area contributed by atoms with Crippen LogP contribution in [0.1, 0.15) is 19.3 Å². The van der Waals surface area contributed by atoms with Crippen LogP contribution >= 0.6 is 27.5 Å². The third-order valence-corrected chi connectivity index (χ3v) is 5.71. The molecule has 2 rings (SSSR count). The van der Waals surface area contributed by atoms with E-state index in [1.165, 1.54) is 25.0 Å². The summed E-state index contributed by atoms with van der Waals surface area (Å²) in [4.78, 5) is 0.0864. The van der Waals surface area contributed by atoms with E-state index >= 15 is 0 Å². The second-order valence-electron chi connectivity index (χ2n) is 4.44. The van der Waals surface area contributed by atoms with E-state index in [1.54, 1.807) is 0 Å². The van der Waals surface area contributed by atoms with Crippen LogP contribution in [0.15, 0.2) is 21.5 Å². The lowest BCUT2D eigenvalue weighted by Crippen LogP contribution is -2.25. The number of sulfonamides is 1. The van der Waals surface area contributed by atoms with Crippen LogP contribution in [0.3, 0.4) is 0 Å². The Hall–Kier alpha value is -0.300. The first-order valence-electron chi connectivity index (χ1n) is 5.64. The normalized spacial score (nSPS) is 15.9. The Morgan fingerprint density at radius 3 is 2.72 bits per heavy atom. The van der Waals surface area contributed by atoms with Crippen LogP contribution in [-0.2, 0) is 10.0 Å². The van der Waals surface area contributed by atoms with Gasteiger partial charge < -0.3 is 5.73 Å². The van der Waals surface area contributed by atoms with E-state index < -0.39 is 10.0 Å². The van der Waals surface area contributed by atoms with Crippen molar-refractivity contribution < 1.29 is 8.42 Å². The predicted molar refractivity (Wildman–Crippen MR) is 76.1 cm³/mol. The summed E-state index contributed by atoms with van der Waals surface area (Å²) in [5.41, 5.74) is 5.99. The van der Waals surface area contributed by atoms with Crippen molar-refractivity contribution in [2.75, 3.05) is 12.3 Å². The summed E-state index contributed by atoms with van der Waals surface area (Å²) in [6.45, 7) is 0.450. The molecule has 1 aromatic rings. The summed E-state index contributed by atoms with van der Waals surface area (Å²) in [7, 11) is -3.57. The van der Waals surface area contributed by atoms with Crippen molar-refractivity contribution in [2.24, 2.45) is 5.92 Å². The molecule has 4 nitrogen and oxygen atoms in total. The highest BCUT2D eigenvalue weighted by Gasteiger charge is 2.23. The molecule has 0 unspecified atom stereocenters. The lowest BCUT2D eigenvalue weighted by Gasteiger charge is -2.10. The number of nitrogens with one attached hydrogen (secondary N) is 1. The molecular formula is C11H14BrClN2O2S. The fourth-order valence-corrected chi connectivity index (χ4v) is 4.00. The minimum Gasteiger partial charge on any atom is -0.398 e. The summed E-state index contributed by atoms with van der Waals surface area (Å²) in [6.07, 6.45) is 3.29. The molecule has 0 spiro atoms. The van der Waals surface area contributed by atoms with Crippen LogP contribution in [0, 0.1) is 5.92 Å². The van der Waals surface area contributed by atoms with E-state index in [2.05, 4.69) is 20.7 Å². The van der Waals surface area contributed by atoms with Crippen molar-refractivity contribution in [3.63, 3.8) is 0 Å². The topological polar surface area (TPSA) is 72.2 Å². The second kappa shape index (κ2) is 5.36. The zero-order chi connectivity index (χ0) is 13.3. The third-order valence-electron chi connectivity index (χ3n) is 2.86. The van der Waals surface area contributed by atoms with Crippen LogP contribution in [0.25, 0.3) is 0 Å². The van der Waals surface area contributed by atoms with E-state index in [1.807, 2.05) is 0 Å². The monoisotopic (exact) mass is 352 g/mol. The van der Waals surface area contributed by atoms with E-state index in [4.69, 9.17) is 17.3 Å². The third kappa shape index (κ3) is 3.38. The van der Waals surface area contributed by atoms with E-state index in [-0.39, 0.29) is 4.90 Å². The van der Waals surface area contributed by atoms with Gasteiger partial charge >= 0.3 is 0 Å². The van der Waals surface area contributed by atoms with Crippen LogP contribution in [0.5, 0.6) is 0 Å². The molecule has 0 heterocycles. The smallest absolute Gasteiger partial charge is 0.241 e. The van der Waals surface area contributed by atoms with Crippen LogP contribution in [0.2, 0.25) is 5.02 Å². The van der Waals surface area contributed by atoms with Crippen LogP contribution in [-0.4, -0.2) is 15.0 Å². The van der Waals surface area contributed by atoms with E-state index in [0.717, 1.165) is 6.42 Å². The van der Waals surface area contributed by atoms with Gasteiger partial charge in [0.05, 0.1) is 9.37 Å². The summed E-state index contributed by atoms with van der Waals surface area (Å²) in [5, 5.41) is 0.304. The predicted octanol–water partition coefficient (Wildman–Crippen LogP) is 2.76. The Labute approximate surface area is 120 Å². The van der Waals surface area contributed by atoms with Crippen molar-refractivity contribution in [1.82, 2.24) is 4.72 Å². The Morgan fingerprint density at radius 1 is 1.44 bits per heavy atom. The molecule has 0 aliphatic heterocycles. The zero-order valence-electron chi connectivity index (χ0n) is 9.62. The number of halogens is 2. The zero-order valence-corrected chi connectivity index (χ0v) is 12.8. The van der Waals surface area contributed by atoms with Gasteiger partial charge in [-0.1, -0.05) is 24.4 Å². The van der Waals surface area contributed by atoms with Gasteiger partial charge in [0.25, 0.3) is 0 Å². The number of anilines is 1. The molecule has 1 saturated carbocycles. The van der Waals surface area contributed by atoms with Gasteiger partial charge in [-0.2, -0.15) is 0 Å². The molecule has 1 aliphatic carbocycles. The van der Waals surface area contributed by atoms with E-state index in [0.29, 0.717) is 27.6 Å². The first kappa shape index (κ1) is 14.1.